The average Bonchev–Trinajstić information content (AvgIpc) is 2.39. The topological polar surface area (TPSA) is 107 Å². The first-order valence-corrected chi connectivity index (χ1v) is 5.76. The first-order valence-electron chi connectivity index (χ1n) is 5.76. The predicted octanol–water partition coefficient (Wildman–Crippen LogP) is -0.623. The molecule has 0 unspecified atom stereocenters. The second-order valence-corrected chi connectivity index (χ2v) is 3.76. The summed E-state index contributed by atoms with van der Waals surface area (Å²) in [7, 11) is 1.64. The summed E-state index contributed by atoms with van der Waals surface area (Å²) in [6.07, 6.45) is 0.850. The van der Waals surface area contributed by atoms with Crippen molar-refractivity contribution in [3.63, 3.8) is 0 Å². The van der Waals surface area contributed by atoms with Gasteiger partial charge >= 0.3 is 0 Å². The molecule has 1 rings (SSSR count). The molecule has 0 aliphatic heterocycles. The number of carbonyl (C=O) groups excluding carboxylic acids is 1. The van der Waals surface area contributed by atoms with Gasteiger partial charge in [0, 0.05) is 20.2 Å². The van der Waals surface area contributed by atoms with Crippen LogP contribution in [0.1, 0.15) is 16.9 Å². The molecule has 1 aromatic rings. The standard InChI is InChI=1S/C11H19N5O2/c1-18-8-7-16(6-2-5-12)10-4-3-9(11(13)17)14-15-10/h3-4H,2,5-8,12H2,1H3,(H2,13,17). The van der Waals surface area contributed by atoms with Crippen molar-refractivity contribution in [1.82, 2.24) is 10.2 Å². The van der Waals surface area contributed by atoms with Gasteiger partial charge in [-0.1, -0.05) is 0 Å². The van der Waals surface area contributed by atoms with Crippen molar-refractivity contribution in [3.05, 3.63) is 17.8 Å². The predicted molar refractivity (Wildman–Crippen MR) is 68.3 cm³/mol. The number of primary amides is 1. The third-order valence-electron chi connectivity index (χ3n) is 2.42. The molecule has 7 nitrogen and oxygen atoms in total. The largest absolute Gasteiger partial charge is 0.383 e. The molecule has 0 bridgehead atoms. The summed E-state index contributed by atoms with van der Waals surface area (Å²) in [5.74, 6) is 0.102. The third-order valence-corrected chi connectivity index (χ3v) is 2.42. The minimum atomic E-state index is -0.584. The molecule has 0 aromatic carbocycles. The molecule has 0 aliphatic rings. The Morgan fingerprint density at radius 1 is 1.39 bits per heavy atom. The molecule has 0 fully saturated rings. The van der Waals surface area contributed by atoms with E-state index in [1.807, 2.05) is 4.90 Å². The van der Waals surface area contributed by atoms with Crippen molar-refractivity contribution in [2.45, 2.75) is 6.42 Å². The van der Waals surface area contributed by atoms with E-state index in [0.29, 0.717) is 25.5 Å². The minimum Gasteiger partial charge on any atom is -0.383 e. The molecule has 4 N–H and O–H groups in total. The van der Waals surface area contributed by atoms with Crippen molar-refractivity contribution in [2.24, 2.45) is 11.5 Å². The Balaban J connectivity index is 2.73. The highest BCUT2D eigenvalue weighted by molar-refractivity contribution is 5.90. The number of amides is 1. The van der Waals surface area contributed by atoms with E-state index in [0.717, 1.165) is 13.0 Å². The quantitative estimate of drug-likeness (QED) is 0.639. The summed E-state index contributed by atoms with van der Waals surface area (Å²) in [6.45, 7) is 2.66. The van der Waals surface area contributed by atoms with Crippen LogP contribution in [0.2, 0.25) is 0 Å². The van der Waals surface area contributed by atoms with Crippen LogP contribution in [-0.4, -0.2) is 49.5 Å². The number of anilines is 1. The molecule has 0 spiro atoms. The maximum Gasteiger partial charge on any atom is 0.269 e. The molecule has 0 atom stereocenters. The van der Waals surface area contributed by atoms with Gasteiger partial charge in [-0.2, -0.15) is 0 Å². The Morgan fingerprint density at radius 3 is 2.67 bits per heavy atom. The maximum atomic E-state index is 10.9. The number of methoxy groups -OCH3 is 1. The number of nitrogens with zero attached hydrogens (tertiary/aromatic N) is 3. The highest BCUT2D eigenvalue weighted by atomic mass is 16.5. The molecule has 0 saturated heterocycles. The van der Waals surface area contributed by atoms with Gasteiger partial charge in [0.1, 0.15) is 0 Å². The van der Waals surface area contributed by atoms with Crippen molar-refractivity contribution in [2.75, 3.05) is 38.3 Å². The summed E-state index contributed by atoms with van der Waals surface area (Å²) < 4.78 is 5.04. The monoisotopic (exact) mass is 253 g/mol. The molecule has 18 heavy (non-hydrogen) atoms. The van der Waals surface area contributed by atoms with Gasteiger partial charge in [0.15, 0.2) is 11.5 Å². The van der Waals surface area contributed by atoms with Crippen molar-refractivity contribution in [3.8, 4) is 0 Å². The number of ether oxygens (including phenoxy) is 1. The highest BCUT2D eigenvalue weighted by Crippen LogP contribution is 2.09. The second-order valence-electron chi connectivity index (χ2n) is 3.76. The highest BCUT2D eigenvalue weighted by Gasteiger charge is 2.09. The average molecular weight is 253 g/mol. The van der Waals surface area contributed by atoms with Crippen LogP contribution in [0.5, 0.6) is 0 Å². The fourth-order valence-corrected chi connectivity index (χ4v) is 1.45. The van der Waals surface area contributed by atoms with Crippen molar-refractivity contribution in [1.29, 1.82) is 0 Å². The van der Waals surface area contributed by atoms with Crippen LogP contribution in [0.25, 0.3) is 0 Å². The van der Waals surface area contributed by atoms with Crippen LogP contribution in [-0.2, 0) is 4.74 Å². The number of nitrogens with two attached hydrogens (primary N) is 2. The van der Waals surface area contributed by atoms with Crippen LogP contribution in [0.15, 0.2) is 12.1 Å². The molecule has 0 aliphatic carbocycles. The zero-order chi connectivity index (χ0) is 13.4. The SMILES string of the molecule is COCCN(CCCN)c1ccc(C(N)=O)nn1. The van der Waals surface area contributed by atoms with Gasteiger partial charge in [-0.15, -0.1) is 10.2 Å². The van der Waals surface area contributed by atoms with E-state index < -0.39 is 5.91 Å². The molecule has 100 valence electrons. The van der Waals surface area contributed by atoms with E-state index >= 15 is 0 Å². The Kier molecular flexibility index (Phi) is 6.03. The number of rotatable bonds is 8. The zero-order valence-electron chi connectivity index (χ0n) is 10.5. The summed E-state index contributed by atoms with van der Waals surface area (Å²) in [5, 5.41) is 7.76. The van der Waals surface area contributed by atoms with E-state index in [2.05, 4.69) is 10.2 Å². The lowest BCUT2D eigenvalue weighted by atomic mass is 10.3. The van der Waals surface area contributed by atoms with Gasteiger partial charge in [0.2, 0.25) is 0 Å². The normalized spacial score (nSPS) is 10.3. The van der Waals surface area contributed by atoms with E-state index in [4.69, 9.17) is 16.2 Å². The van der Waals surface area contributed by atoms with E-state index in [9.17, 15) is 4.79 Å². The fourth-order valence-electron chi connectivity index (χ4n) is 1.45. The molecular weight excluding hydrogens is 234 g/mol. The number of hydrogen-bond acceptors (Lipinski definition) is 6. The Labute approximate surface area is 106 Å². The summed E-state index contributed by atoms with van der Waals surface area (Å²) in [4.78, 5) is 12.9. The van der Waals surface area contributed by atoms with Gasteiger partial charge in [-0.05, 0) is 25.1 Å². The summed E-state index contributed by atoms with van der Waals surface area (Å²) >= 11 is 0. The molecule has 0 saturated carbocycles. The lowest BCUT2D eigenvalue weighted by molar-refractivity contribution is 0.0994. The summed E-state index contributed by atoms with van der Waals surface area (Å²) in [5.41, 5.74) is 10.8. The molecule has 1 aromatic heterocycles. The van der Waals surface area contributed by atoms with E-state index in [-0.39, 0.29) is 5.69 Å². The van der Waals surface area contributed by atoms with Crippen LogP contribution >= 0.6 is 0 Å². The Morgan fingerprint density at radius 2 is 2.17 bits per heavy atom. The second kappa shape index (κ2) is 7.57. The molecule has 1 heterocycles. The van der Waals surface area contributed by atoms with E-state index in [1.54, 1.807) is 19.2 Å². The number of aromatic nitrogens is 2. The smallest absolute Gasteiger partial charge is 0.269 e. The zero-order valence-corrected chi connectivity index (χ0v) is 10.5. The molecule has 0 radical (unpaired) electrons. The molecule has 1 amide bonds. The Bertz CT molecular complexity index is 360. The van der Waals surface area contributed by atoms with E-state index in [1.165, 1.54) is 0 Å². The maximum absolute atomic E-state index is 10.9. The lowest BCUT2D eigenvalue weighted by Crippen LogP contribution is -2.30. The van der Waals surface area contributed by atoms with Gasteiger partial charge in [-0.25, -0.2) is 0 Å². The number of hydrogen-bond donors (Lipinski definition) is 2. The molecular formula is C11H19N5O2. The molecule has 7 heteroatoms. The Hall–Kier alpha value is -1.73. The van der Waals surface area contributed by atoms with Crippen LogP contribution in [0, 0.1) is 0 Å². The van der Waals surface area contributed by atoms with Crippen LogP contribution < -0.4 is 16.4 Å². The lowest BCUT2D eigenvalue weighted by Gasteiger charge is -2.22. The number of carbonyl (C=O) groups is 1. The fraction of sp³-hybridized carbons (Fsp3) is 0.545. The van der Waals surface area contributed by atoms with Crippen LogP contribution in [0.3, 0.4) is 0 Å². The van der Waals surface area contributed by atoms with Crippen molar-refractivity contribution >= 4 is 11.7 Å². The van der Waals surface area contributed by atoms with Gasteiger partial charge < -0.3 is 21.1 Å². The minimum absolute atomic E-state index is 0.157. The first kappa shape index (κ1) is 14.3. The van der Waals surface area contributed by atoms with Gasteiger partial charge in [0.05, 0.1) is 6.61 Å². The first-order chi connectivity index (χ1) is 8.69. The van der Waals surface area contributed by atoms with Gasteiger partial charge in [-0.3, -0.25) is 4.79 Å². The van der Waals surface area contributed by atoms with Crippen molar-refractivity contribution < 1.29 is 9.53 Å². The summed E-state index contributed by atoms with van der Waals surface area (Å²) in [6, 6.07) is 3.28. The van der Waals surface area contributed by atoms with Crippen LogP contribution in [0.4, 0.5) is 5.82 Å². The van der Waals surface area contributed by atoms with Gasteiger partial charge in [0.25, 0.3) is 5.91 Å². The third kappa shape index (κ3) is 4.27.